The van der Waals surface area contributed by atoms with E-state index in [0.29, 0.717) is 6.42 Å². The summed E-state index contributed by atoms with van der Waals surface area (Å²) in [7, 11) is 1.36. The Morgan fingerprint density at radius 3 is 2.62 bits per heavy atom. The van der Waals surface area contributed by atoms with Gasteiger partial charge in [0.1, 0.15) is 0 Å². The van der Waals surface area contributed by atoms with E-state index >= 15 is 0 Å². The first-order valence-corrected chi connectivity index (χ1v) is 9.08. The standard InChI is InChI=1S/C17H24N2O3S.ClH/c1-22-17(21)11-15(12-5-7-14(23-2)8-6-12)19-16(20)10-13-4-3-9-18-13;/h5-8,13,15,18H,3-4,9-11H2,1-2H3,(H,19,20);1H. The Bertz CT molecular complexity index is 533. The lowest BCUT2D eigenvalue weighted by Gasteiger charge is -2.20. The molecule has 5 nitrogen and oxygen atoms in total. The number of benzene rings is 1. The van der Waals surface area contributed by atoms with Crippen LogP contribution in [0.15, 0.2) is 29.2 Å². The molecule has 0 spiro atoms. The number of carbonyl (C=O) groups excluding carboxylic acids is 2. The fourth-order valence-electron chi connectivity index (χ4n) is 2.75. The fraction of sp³-hybridized carbons (Fsp3) is 0.529. The summed E-state index contributed by atoms with van der Waals surface area (Å²) in [5.41, 5.74) is 0.918. The van der Waals surface area contributed by atoms with Crippen molar-refractivity contribution in [3.63, 3.8) is 0 Å². The first-order valence-electron chi connectivity index (χ1n) is 7.86. The van der Waals surface area contributed by atoms with Crippen molar-refractivity contribution >= 4 is 36.0 Å². The van der Waals surface area contributed by atoms with Crippen molar-refractivity contribution in [2.45, 2.75) is 42.7 Å². The minimum atomic E-state index is -0.354. The number of halogens is 1. The van der Waals surface area contributed by atoms with Gasteiger partial charge in [0.25, 0.3) is 0 Å². The van der Waals surface area contributed by atoms with Gasteiger partial charge in [0.2, 0.25) is 5.91 Å². The van der Waals surface area contributed by atoms with Gasteiger partial charge in [-0.1, -0.05) is 12.1 Å². The summed E-state index contributed by atoms with van der Waals surface area (Å²) < 4.78 is 4.76. The molecule has 0 bridgehead atoms. The van der Waals surface area contributed by atoms with Gasteiger partial charge < -0.3 is 15.4 Å². The molecule has 134 valence electrons. The van der Waals surface area contributed by atoms with Gasteiger partial charge in [-0.2, -0.15) is 0 Å². The number of rotatable bonds is 7. The fourth-order valence-corrected chi connectivity index (χ4v) is 3.15. The molecule has 2 rings (SSSR count). The topological polar surface area (TPSA) is 67.4 Å². The van der Waals surface area contributed by atoms with Crippen molar-refractivity contribution in [2.24, 2.45) is 0 Å². The summed E-state index contributed by atoms with van der Waals surface area (Å²) in [6.07, 6.45) is 4.73. The number of esters is 1. The van der Waals surface area contributed by atoms with Gasteiger partial charge in [-0.05, 0) is 43.3 Å². The SMILES string of the molecule is COC(=O)CC(NC(=O)CC1CCCN1)c1ccc(SC)cc1.Cl. The quantitative estimate of drug-likeness (QED) is 0.569. The highest BCUT2D eigenvalue weighted by Gasteiger charge is 2.22. The van der Waals surface area contributed by atoms with E-state index < -0.39 is 0 Å². The molecule has 1 saturated heterocycles. The number of methoxy groups -OCH3 is 1. The molecule has 1 aromatic rings. The largest absolute Gasteiger partial charge is 0.469 e. The van der Waals surface area contributed by atoms with E-state index in [9.17, 15) is 9.59 Å². The Kier molecular flexibility index (Phi) is 9.18. The lowest BCUT2D eigenvalue weighted by Crippen LogP contribution is -2.35. The number of amides is 1. The molecule has 1 fully saturated rings. The number of carbonyl (C=O) groups is 2. The molecule has 0 radical (unpaired) electrons. The first-order chi connectivity index (χ1) is 11.1. The van der Waals surface area contributed by atoms with Crippen LogP contribution in [0, 0.1) is 0 Å². The first kappa shape index (κ1) is 20.8. The molecule has 0 saturated carbocycles. The van der Waals surface area contributed by atoms with E-state index in [1.54, 1.807) is 11.8 Å². The van der Waals surface area contributed by atoms with E-state index in [1.165, 1.54) is 7.11 Å². The van der Waals surface area contributed by atoms with Crippen molar-refractivity contribution in [2.75, 3.05) is 19.9 Å². The zero-order valence-electron chi connectivity index (χ0n) is 14.0. The van der Waals surface area contributed by atoms with Crippen LogP contribution < -0.4 is 10.6 Å². The van der Waals surface area contributed by atoms with Crippen molar-refractivity contribution < 1.29 is 14.3 Å². The van der Waals surface area contributed by atoms with Crippen LogP contribution in [0.5, 0.6) is 0 Å². The summed E-state index contributed by atoms with van der Waals surface area (Å²) in [6, 6.07) is 7.78. The molecule has 2 unspecified atom stereocenters. The van der Waals surface area contributed by atoms with Gasteiger partial charge in [-0.15, -0.1) is 24.2 Å². The predicted molar refractivity (Wildman–Crippen MR) is 98.6 cm³/mol. The molecule has 1 aromatic carbocycles. The third-order valence-electron chi connectivity index (χ3n) is 4.05. The van der Waals surface area contributed by atoms with Crippen molar-refractivity contribution in [3.05, 3.63) is 29.8 Å². The number of ether oxygens (including phenoxy) is 1. The van der Waals surface area contributed by atoms with Gasteiger partial charge in [0.05, 0.1) is 19.6 Å². The van der Waals surface area contributed by atoms with Gasteiger partial charge in [0, 0.05) is 17.4 Å². The molecule has 1 amide bonds. The maximum Gasteiger partial charge on any atom is 0.307 e. The normalized spacial score (nSPS) is 17.7. The zero-order valence-corrected chi connectivity index (χ0v) is 15.7. The van der Waals surface area contributed by atoms with Crippen LogP contribution in [0.3, 0.4) is 0 Å². The van der Waals surface area contributed by atoms with Crippen LogP contribution in [-0.2, 0) is 14.3 Å². The summed E-state index contributed by atoms with van der Waals surface area (Å²) in [5, 5.41) is 6.29. The molecule has 0 aliphatic carbocycles. The lowest BCUT2D eigenvalue weighted by molar-refractivity contribution is -0.141. The summed E-state index contributed by atoms with van der Waals surface area (Å²) >= 11 is 1.66. The second kappa shape index (κ2) is 10.6. The Morgan fingerprint density at radius 2 is 2.08 bits per heavy atom. The Hall–Kier alpha value is -1.24. The summed E-state index contributed by atoms with van der Waals surface area (Å²) in [6.45, 7) is 0.972. The van der Waals surface area contributed by atoms with E-state index in [4.69, 9.17) is 4.74 Å². The number of thioether (sulfide) groups is 1. The molecule has 1 aliphatic rings. The minimum Gasteiger partial charge on any atom is -0.469 e. The minimum absolute atomic E-state index is 0. The van der Waals surface area contributed by atoms with E-state index in [2.05, 4.69) is 10.6 Å². The van der Waals surface area contributed by atoms with Crippen LogP contribution in [0.2, 0.25) is 0 Å². The Morgan fingerprint density at radius 1 is 1.38 bits per heavy atom. The van der Waals surface area contributed by atoms with Gasteiger partial charge in [-0.3, -0.25) is 9.59 Å². The van der Waals surface area contributed by atoms with E-state index in [0.717, 1.165) is 29.8 Å². The summed E-state index contributed by atoms with van der Waals surface area (Å²) in [4.78, 5) is 25.1. The van der Waals surface area contributed by atoms with Gasteiger partial charge >= 0.3 is 5.97 Å². The van der Waals surface area contributed by atoms with Crippen molar-refractivity contribution in [3.8, 4) is 0 Å². The molecule has 7 heteroatoms. The van der Waals surface area contributed by atoms with E-state index in [-0.39, 0.29) is 42.8 Å². The van der Waals surface area contributed by atoms with Crippen molar-refractivity contribution in [1.29, 1.82) is 0 Å². The average Bonchev–Trinajstić information content (AvgIpc) is 3.07. The van der Waals surface area contributed by atoms with Crippen LogP contribution in [0.1, 0.15) is 37.3 Å². The smallest absolute Gasteiger partial charge is 0.307 e. The molecular formula is C17H25ClN2O3S. The van der Waals surface area contributed by atoms with E-state index in [1.807, 2.05) is 30.5 Å². The molecular weight excluding hydrogens is 348 g/mol. The zero-order chi connectivity index (χ0) is 16.7. The maximum atomic E-state index is 12.3. The lowest BCUT2D eigenvalue weighted by atomic mass is 10.0. The number of hydrogen-bond acceptors (Lipinski definition) is 5. The summed E-state index contributed by atoms with van der Waals surface area (Å²) in [5.74, 6) is -0.365. The second-order valence-electron chi connectivity index (χ2n) is 5.67. The van der Waals surface area contributed by atoms with Gasteiger partial charge in [0.15, 0.2) is 0 Å². The van der Waals surface area contributed by atoms with Crippen LogP contribution in [-0.4, -0.2) is 37.8 Å². The highest BCUT2D eigenvalue weighted by molar-refractivity contribution is 7.98. The molecule has 2 N–H and O–H groups in total. The van der Waals surface area contributed by atoms with Crippen LogP contribution in [0.25, 0.3) is 0 Å². The molecule has 24 heavy (non-hydrogen) atoms. The van der Waals surface area contributed by atoms with Gasteiger partial charge in [-0.25, -0.2) is 0 Å². The van der Waals surface area contributed by atoms with Crippen LogP contribution in [0.4, 0.5) is 0 Å². The third-order valence-corrected chi connectivity index (χ3v) is 4.79. The van der Waals surface area contributed by atoms with Crippen LogP contribution >= 0.6 is 24.2 Å². The maximum absolute atomic E-state index is 12.3. The number of hydrogen-bond donors (Lipinski definition) is 2. The predicted octanol–water partition coefficient (Wildman–Crippen LogP) is 2.69. The second-order valence-corrected chi connectivity index (χ2v) is 6.55. The Labute approximate surface area is 153 Å². The molecule has 2 atom stereocenters. The molecule has 0 aromatic heterocycles. The Balaban J connectivity index is 0.00000288. The highest BCUT2D eigenvalue weighted by Crippen LogP contribution is 2.22. The number of nitrogens with one attached hydrogen (secondary N) is 2. The molecule has 1 aliphatic heterocycles. The molecule has 1 heterocycles. The third kappa shape index (κ3) is 6.34. The average molecular weight is 373 g/mol. The highest BCUT2D eigenvalue weighted by atomic mass is 35.5. The van der Waals surface area contributed by atoms with Crippen molar-refractivity contribution in [1.82, 2.24) is 10.6 Å². The monoisotopic (exact) mass is 372 g/mol.